The second-order valence-corrected chi connectivity index (χ2v) is 10.5. The van der Waals surface area contributed by atoms with Crippen molar-refractivity contribution in [1.29, 1.82) is 0 Å². The molecule has 0 bridgehead atoms. The van der Waals surface area contributed by atoms with Crippen LogP contribution in [0, 0.1) is 0 Å². The number of aromatic nitrogens is 1. The maximum absolute atomic E-state index is 13.3. The molecule has 3 heterocycles. The zero-order valence-corrected chi connectivity index (χ0v) is 21.2. The second-order valence-electron chi connectivity index (χ2n) is 10.5. The Labute approximate surface area is 209 Å². The molecule has 1 fully saturated rings. The molecule has 1 saturated heterocycles. The summed E-state index contributed by atoms with van der Waals surface area (Å²) in [5, 5.41) is 0. The summed E-state index contributed by atoms with van der Waals surface area (Å²) in [5.41, 5.74) is -0.234. The fraction of sp³-hybridized carbons (Fsp3) is 0.481. The van der Waals surface area contributed by atoms with Crippen LogP contribution in [0.25, 0.3) is 5.57 Å². The molecule has 194 valence electrons. The van der Waals surface area contributed by atoms with Crippen LogP contribution in [0.2, 0.25) is 0 Å². The van der Waals surface area contributed by atoms with Gasteiger partial charge in [-0.25, -0.2) is 9.78 Å². The fourth-order valence-corrected chi connectivity index (χ4v) is 4.92. The predicted octanol–water partition coefficient (Wildman–Crippen LogP) is 6.09. The number of hydrogen-bond donors (Lipinski definition) is 0. The third-order valence-corrected chi connectivity index (χ3v) is 6.33. The van der Waals surface area contributed by atoms with E-state index in [1.54, 1.807) is 23.9 Å². The van der Waals surface area contributed by atoms with Crippen LogP contribution < -0.4 is 4.90 Å². The van der Waals surface area contributed by atoms with Crippen molar-refractivity contribution in [2.75, 3.05) is 32.1 Å². The van der Waals surface area contributed by atoms with E-state index < -0.39 is 35.2 Å². The molecule has 4 rings (SSSR count). The number of carbonyl (C=O) groups is 1. The van der Waals surface area contributed by atoms with Gasteiger partial charge in [0.25, 0.3) is 0 Å². The van der Waals surface area contributed by atoms with Gasteiger partial charge in [0.1, 0.15) is 22.7 Å². The van der Waals surface area contributed by atoms with Crippen molar-refractivity contribution in [1.82, 2.24) is 9.88 Å². The molecule has 2 aromatic rings. The second kappa shape index (κ2) is 9.42. The molecule has 0 unspecified atom stereocenters. The van der Waals surface area contributed by atoms with Gasteiger partial charge in [-0.15, -0.1) is 0 Å². The normalized spacial score (nSPS) is 22.5. The highest BCUT2D eigenvalue weighted by atomic mass is 19.4. The first-order valence-corrected chi connectivity index (χ1v) is 12.0. The molecule has 1 aromatic carbocycles. The molecule has 2 atom stereocenters. The number of piperidine rings is 1. The van der Waals surface area contributed by atoms with Gasteiger partial charge in [-0.1, -0.05) is 30.3 Å². The molecule has 0 radical (unpaired) electrons. The Morgan fingerprint density at radius 1 is 1.14 bits per heavy atom. The molecular weight excluding hydrogens is 471 g/mol. The van der Waals surface area contributed by atoms with E-state index in [9.17, 15) is 18.0 Å². The smallest absolute Gasteiger partial charge is 0.433 e. The number of likely N-dealkylation sites (tertiary alicyclic amines) is 1. The maximum Gasteiger partial charge on any atom is 0.433 e. The van der Waals surface area contributed by atoms with E-state index in [-0.39, 0.29) is 12.4 Å². The Morgan fingerprint density at radius 3 is 2.44 bits per heavy atom. The summed E-state index contributed by atoms with van der Waals surface area (Å²) in [6.45, 7) is 6.18. The van der Waals surface area contributed by atoms with Gasteiger partial charge >= 0.3 is 12.3 Å². The monoisotopic (exact) mass is 503 g/mol. The Bertz CT molecular complexity index is 1140. The van der Waals surface area contributed by atoms with E-state index in [0.717, 1.165) is 17.2 Å². The number of amides is 1. The van der Waals surface area contributed by atoms with Gasteiger partial charge in [0.15, 0.2) is 0 Å². The zero-order valence-electron chi connectivity index (χ0n) is 21.2. The van der Waals surface area contributed by atoms with E-state index in [0.29, 0.717) is 24.9 Å². The number of alkyl halides is 3. The predicted molar refractivity (Wildman–Crippen MR) is 132 cm³/mol. The summed E-state index contributed by atoms with van der Waals surface area (Å²) in [6, 6.07) is 11.6. The van der Waals surface area contributed by atoms with Gasteiger partial charge in [0, 0.05) is 26.2 Å². The van der Waals surface area contributed by atoms with E-state index in [1.165, 1.54) is 6.07 Å². The fourth-order valence-electron chi connectivity index (χ4n) is 4.92. The Kier molecular flexibility index (Phi) is 6.81. The van der Waals surface area contributed by atoms with Crippen molar-refractivity contribution < 1.29 is 27.4 Å². The summed E-state index contributed by atoms with van der Waals surface area (Å²) < 4.78 is 52.2. The summed E-state index contributed by atoms with van der Waals surface area (Å²) in [7, 11) is 3.32. The number of ether oxygens (including phenoxy) is 2. The van der Waals surface area contributed by atoms with E-state index in [4.69, 9.17) is 9.47 Å². The summed E-state index contributed by atoms with van der Waals surface area (Å²) in [4.78, 5) is 20.4. The molecule has 2 aliphatic rings. The molecule has 36 heavy (non-hydrogen) atoms. The van der Waals surface area contributed by atoms with E-state index >= 15 is 0 Å². The van der Waals surface area contributed by atoms with Gasteiger partial charge < -0.3 is 14.4 Å². The number of benzene rings is 1. The van der Waals surface area contributed by atoms with Crippen LogP contribution in [0.1, 0.15) is 56.5 Å². The molecule has 0 aliphatic carbocycles. The largest absolute Gasteiger partial charge is 0.444 e. The average Bonchev–Trinajstić information content (AvgIpc) is 3.21. The highest BCUT2D eigenvalue weighted by Gasteiger charge is 2.50. The lowest BCUT2D eigenvalue weighted by Crippen LogP contribution is -2.53. The van der Waals surface area contributed by atoms with Gasteiger partial charge in [-0.2, -0.15) is 13.2 Å². The highest BCUT2D eigenvalue weighted by molar-refractivity contribution is 5.78. The lowest BCUT2D eigenvalue weighted by molar-refractivity contribution is -0.141. The first-order valence-electron chi connectivity index (χ1n) is 12.0. The van der Waals surface area contributed by atoms with Crippen molar-refractivity contribution in [2.24, 2.45) is 0 Å². The van der Waals surface area contributed by atoms with Gasteiger partial charge in [0.05, 0.1) is 12.6 Å². The van der Waals surface area contributed by atoms with Crippen LogP contribution >= 0.6 is 0 Å². The van der Waals surface area contributed by atoms with E-state index in [2.05, 4.69) is 4.98 Å². The molecule has 0 N–H and O–H groups in total. The minimum absolute atomic E-state index is 0.194. The van der Waals surface area contributed by atoms with Crippen LogP contribution in [-0.4, -0.2) is 54.4 Å². The lowest BCUT2D eigenvalue weighted by atomic mass is 9.80. The summed E-state index contributed by atoms with van der Waals surface area (Å²) in [6.07, 6.45) is -1.65. The Morgan fingerprint density at radius 2 is 1.83 bits per heavy atom. The molecule has 6 nitrogen and oxygen atoms in total. The number of nitrogens with zero attached hydrogens (tertiary/aromatic N) is 3. The minimum Gasteiger partial charge on any atom is -0.444 e. The summed E-state index contributed by atoms with van der Waals surface area (Å²) in [5.74, 6) is 0.216. The van der Waals surface area contributed by atoms with E-state index in [1.807, 2.05) is 57.2 Å². The highest BCUT2D eigenvalue weighted by Crippen LogP contribution is 2.49. The molecule has 1 spiro atoms. The van der Waals surface area contributed by atoms with Gasteiger partial charge in [-0.3, -0.25) is 4.90 Å². The van der Waals surface area contributed by atoms with Crippen molar-refractivity contribution in [2.45, 2.75) is 57.0 Å². The zero-order chi connectivity index (χ0) is 26.3. The van der Waals surface area contributed by atoms with Gasteiger partial charge in [0.2, 0.25) is 0 Å². The van der Waals surface area contributed by atoms with Crippen LogP contribution in [0.15, 0.2) is 48.5 Å². The number of carbonyl (C=O) groups excluding carboxylic acids is 1. The average molecular weight is 504 g/mol. The number of rotatable bonds is 3. The number of hydrogen-bond acceptors (Lipinski definition) is 5. The first-order chi connectivity index (χ1) is 16.8. The molecule has 2 aliphatic heterocycles. The summed E-state index contributed by atoms with van der Waals surface area (Å²) >= 11 is 0. The number of halogens is 3. The van der Waals surface area contributed by atoms with Crippen molar-refractivity contribution in [3.8, 4) is 0 Å². The quantitative estimate of drug-likeness (QED) is 0.507. The van der Waals surface area contributed by atoms with Crippen LogP contribution in [0.5, 0.6) is 0 Å². The molecule has 1 aromatic heterocycles. The van der Waals surface area contributed by atoms with Crippen LogP contribution in [-0.2, 0) is 15.7 Å². The molecule has 9 heteroatoms. The third-order valence-electron chi connectivity index (χ3n) is 6.33. The SMILES string of the molecule is CN(C)c1nc(C(F)(F)F)ccc1C1=C[C@@]2(CCCN(C(=O)OC(C)(C)C)[C@H]2c2ccccc2)OC1. The Balaban J connectivity index is 1.79. The van der Waals surface area contributed by atoms with Crippen LogP contribution in [0.3, 0.4) is 0 Å². The third kappa shape index (κ3) is 5.21. The lowest BCUT2D eigenvalue weighted by Gasteiger charge is -2.47. The Hall–Kier alpha value is -3.07. The van der Waals surface area contributed by atoms with Gasteiger partial charge in [-0.05, 0) is 63.0 Å². The first kappa shape index (κ1) is 26.0. The number of pyridine rings is 1. The topological polar surface area (TPSA) is 54.9 Å². The van der Waals surface area contributed by atoms with Crippen LogP contribution in [0.4, 0.5) is 23.8 Å². The minimum atomic E-state index is -4.54. The van der Waals surface area contributed by atoms with Crippen molar-refractivity contribution >= 4 is 17.5 Å². The standard InChI is InChI=1S/C27H32F3N3O3/c1-25(2,3)36-24(34)33-15-9-14-26(22(33)18-10-7-6-8-11-18)16-19(17-35-26)20-12-13-21(27(28,29)30)31-23(20)32(4)5/h6-8,10-13,16,22H,9,14-15,17H2,1-5H3/t22-,26+/m0/s1. The van der Waals surface area contributed by atoms with Crippen molar-refractivity contribution in [3.63, 3.8) is 0 Å². The molecule has 0 saturated carbocycles. The number of anilines is 1. The molecular formula is C27H32F3N3O3. The maximum atomic E-state index is 13.3. The molecule has 1 amide bonds. The van der Waals surface area contributed by atoms with Crippen molar-refractivity contribution in [3.05, 3.63) is 65.4 Å².